The first-order valence-electron chi connectivity index (χ1n) is 9.68. The molecule has 30 heavy (non-hydrogen) atoms. The van der Waals surface area contributed by atoms with Crippen LogP contribution in [0.15, 0.2) is 60.9 Å². The summed E-state index contributed by atoms with van der Waals surface area (Å²) < 4.78 is 40.3. The summed E-state index contributed by atoms with van der Waals surface area (Å²) in [5, 5.41) is 3.42. The predicted octanol–water partition coefficient (Wildman–Crippen LogP) is 5.13. The van der Waals surface area contributed by atoms with Crippen molar-refractivity contribution in [3.8, 4) is 11.4 Å². The second-order valence-electron chi connectivity index (χ2n) is 7.42. The summed E-state index contributed by atoms with van der Waals surface area (Å²) in [6.07, 6.45) is -0.498. The van der Waals surface area contributed by atoms with E-state index in [-0.39, 0.29) is 0 Å². The average molecular weight is 409 g/mol. The Morgan fingerprint density at radius 2 is 1.70 bits per heavy atom. The van der Waals surface area contributed by atoms with E-state index in [1.165, 1.54) is 12.1 Å². The van der Waals surface area contributed by atoms with Crippen molar-refractivity contribution in [2.75, 3.05) is 5.32 Å². The number of nitrogens with zero attached hydrogens (tertiary/aromatic N) is 4. The first-order chi connectivity index (χ1) is 14.5. The minimum absolute atomic E-state index is 0.364. The zero-order chi connectivity index (χ0) is 20.7. The molecule has 0 atom stereocenters. The highest BCUT2D eigenvalue weighted by Crippen LogP contribution is 2.31. The van der Waals surface area contributed by atoms with E-state index in [4.69, 9.17) is 4.98 Å². The zero-order valence-electron chi connectivity index (χ0n) is 15.9. The lowest BCUT2D eigenvalue weighted by atomic mass is 10.1. The standard InChI is InChI=1S/C22H18F3N5/c23-22(24,25)16-8-6-14(7-9-16)12-30-13-26-18-20(27-17-10-11-17)28-19(29-21(18)30)15-4-2-1-3-5-15/h1-9,13,17H,10-12H2,(H,27,28,29). The number of rotatable bonds is 5. The molecule has 2 heterocycles. The number of alkyl halides is 3. The van der Waals surface area contributed by atoms with E-state index in [9.17, 15) is 13.2 Å². The number of nitrogens with one attached hydrogen (secondary N) is 1. The van der Waals surface area contributed by atoms with Gasteiger partial charge in [0, 0.05) is 11.6 Å². The van der Waals surface area contributed by atoms with Gasteiger partial charge >= 0.3 is 6.18 Å². The number of benzene rings is 2. The summed E-state index contributed by atoms with van der Waals surface area (Å²) >= 11 is 0. The van der Waals surface area contributed by atoms with E-state index in [0.717, 1.165) is 36.1 Å². The van der Waals surface area contributed by atoms with Gasteiger partial charge in [0.2, 0.25) is 0 Å². The third-order valence-electron chi connectivity index (χ3n) is 5.05. The Kier molecular flexibility index (Phi) is 4.42. The van der Waals surface area contributed by atoms with E-state index in [2.05, 4.69) is 15.3 Å². The molecule has 0 amide bonds. The number of anilines is 1. The number of hydrogen-bond acceptors (Lipinski definition) is 4. The highest BCUT2D eigenvalue weighted by molar-refractivity contribution is 5.85. The van der Waals surface area contributed by atoms with Gasteiger partial charge < -0.3 is 9.88 Å². The molecule has 0 saturated heterocycles. The number of fused-ring (bicyclic) bond motifs is 1. The van der Waals surface area contributed by atoms with Crippen LogP contribution >= 0.6 is 0 Å². The van der Waals surface area contributed by atoms with Crippen LogP contribution in [0.2, 0.25) is 0 Å². The van der Waals surface area contributed by atoms with Crippen LogP contribution in [0.4, 0.5) is 19.0 Å². The van der Waals surface area contributed by atoms with Crippen molar-refractivity contribution in [2.45, 2.75) is 31.6 Å². The summed E-state index contributed by atoms with van der Waals surface area (Å²) in [7, 11) is 0. The summed E-state index contributed by atoms with van der Waals surface area (Å²) in [6.45, 7) is 0.364. The molecule has 2 aromatic carbocycles. The van der Waals surface area contributed by atoms with Crippen LogP contribution in [0.3, 0.4) is 0 Å². The molecule has 0 spiro atoms. The Labute approximate surface area is 170 Å². The first kappa shape index (κ1) is 18.6. The molecule has 0 unspecified atom stereocenters. The maximum atomic E-state index is 12.8. The maximum Gasteiger partial charge on any atom is 0.416 e. The Hall–Kier alpha value is -3.42. The van der Waals surface area contributed by atoms with Crippen molar-refractivity contribution in [1.82, 2.24) is 19.5 Å². The number of aromatic nitrogens is 4. The highest BCUT2D eigenvalue weighted by Gasteiger charge is 2.30. The van der Waals surface area contributed by atoms with Gasteiger partial charge in [0.05, 0.1) is 18.4 Å². The van der Waals surface area contributed by atoms with Crippen molar-refractivity contribution < 1.29 is 13.2 Å². The fraction of sp³-hybridized carbons (Fsp3) is 0.227. The highest BCUT2D eigenvalue weighted by atomic mass is 19.4. The second-order valence-corrected chi connectivity index (χ2v) is 7.42. The molecule has 1 saturated carbocycles. The minimum atomic E-state index is -4.35. The molecule has 0 aliphatic heterocycles. The van der Waals surface area contributed by atoms with Crippen LogP contribution in [0.5, 0.6) is 0 Å². The number of hydrogen-bond donors (Lipinski definition) is 1. The van der Waals surface area contributed by atoms with Crippen LogP contribution in [0, 0.1) is 0 Å². The molecule has 5 nitrogen and oxygen atoms in total. The fourth-order valence-electron chi connectivity index (χ4n) is 3.29. The third kappa shape index (κ3) is 3.72. The van der Waals surface area contributed by atoms with Gasteiger partial charge in [0.25, 0.3) is 0 Å². The lowest BCUT2D eigenvalue weighted by Gasteiger charge is -2.10. The number of imidazole rings is 1. The molecular formula is C22H18F3N5. The van der Waals surface area contributed by atoms with Gasteiger partial charge in [0.1, 0.15) is 5.52 Å². The molecule has 0 bridgehead atoms. The van der Waals surface area contributed by atoms with Crippen molar-refractivity contribution in [2.24, 2.45) is 0 Å². The topological polar surface area (TPSA) is 55.6 Å². The monoisotopic (exact) mass is 409 g/mol. The second kappa shape index (κ2) is 7.12. The smallest absolute Gasteiger partial charge is 0.365 e. The molecule has 1 aliphatic carbocycles. The Morgan fingerprint density at radius 1 is 0.967 bits per heavy atom. The van der Waals surface area contributed by atoms with Crippen LogP contribution in [-0.4, -0.2) is 25.6 Å². The Bertz CT molecular complexity index is 1180. The van der Waals surface area contributed by atoms with Gasteiger partial charge in [-0.1, -0.05) is 42.5 Å². The maximum absolute atomic E-state index is 12.8. The van der Waals surface area contributed by atoms with Gasteiger partial charge in [-0.05, 0) is 30.5 Å². The Morgan fingerprint density at radius 3 is 2.37 bits per heavy atom. The molecule has 152 valence electrons. The molecule has 4 aromatic rings. The Balaban J connectivity index is 1.54. The molecule has 1 N–H and O–H groups in total. The summed E-state index contributed by atoms with van der Waals surface area (Å²) in [5.74, 6) is 1.27. The summed E-state index contributed by atoms with van der Waals surface area (Å²) in [4.78, 5) is 13.9. The van der Waals surface area contributed by atoms with E-state index < -0.39 is 11.7 Å². The van der Waals surface area contributed by atoms with E-state index >= 15 is 0 Å². The summed E-state index contributed by atoms with van der Waals surface area (Å²) in [5.41, 5.74) is 2.27. The van der Waals surface area contributed by atoms with Crippen LogP contribution in [0.25, 0.3) is 22.6 Å². The number of halogens is 3. The van der Waals surface area contributed by atoms with E-state index in [1.807, 2.05) is 34.9 Å². The molecular weight excluding hydrogens is 391 g/mol. The van der Waals surface area contributed by atoms with Gasteiger partial charge in [-0.15, -0.1) is 0 Å². The van der Waals surface area contributed by atoms with Gasteiger partial charge in [-0.3, -0.25) is 0 Å². The van der Waals surface area contributed by atoms with Crippen molar-refractivity contribution in [3.05, 3.63) is 72.1 Å². The molecule has 1 fully saturated rings. The normalized spacial score (nSPS) is 14.2. The van der Waals surface area contributed by atoms with Gasteiger partial charge in [-0.2, -0.15) is 13.2 Å². The van der Waals surface area contributed by atoms with Gasteiger partial charge in [0.15, 0.2) is 17.3 Å². The third-order valence-corrected chi connectivity index (χ3v) is 5.05. The van der Waals surface area contributed by atoms with Crippen LogP contribution in [0.1, 0.15) is 24.0 Å². The summed E-state index contributed by atoms with van der Waals surface area (Å²) in [6, 6.07) is 15.2. The SMILES string of the molecule is FC(F)(F)c1ccc(Cn2cnc3c(NC4CC4)nc(-c4ccccc4)nc32)cc1. The molecule has 2 aromatic heterocycles. The van der Waals surface area contributed by atoms with Gasteiger partial charge in [-0.25, -0.2) is 15.0 Å². The quantitative estimate of drug-likeness (QED) is 0.496. The molecule has 1 aliphatic rings. The largest absolute Gasteiger partial charge is 0.416 e. The van der Waals surface area contributed by atoms with Crippen molar-refractivity contribution >= 4 is 17.0 Å². The van der Waals surface area contributed by atoms with E-state index in [1.54, 1.807) is 6.33 Å². The van der Waals surface area contributed by atoms with E-state index in [0.29, 0.717) is 35.4 Å². The lowest BCUT2D eigenvalue weighted by Crippen LogP contribution is -2.07. The predicted molar refractivity (Wildman–Crippen MR) is 108 cm³/mol. The van der Waals surface area contributed by atoms with Crippen molar-refractivity contribution in [1.29, 1.82) is 0 Å². The van der Waals surface area contributed by atoms with Crippen LogP contribution < -0.4 is 5.32 Å². The lowest BCUT2D eigenvalue weighted by molar-refractivity contribution is -0.137. The first-order valence-corrected chi connectivity index (χ1v) is 9.68. The van der Waals surface area contributed by atoms with Crippen LogP contribution in [-0.2, 0) is 12.7 Å². The average Bonchev–Trinajstić information content (AvgIpc) is 3.47. The fourth-order valence-corrected chi connectivity index (χ4v) is 3.29. The molecule has 8 heteroatoms. The van der Waals surface area contributed by atoms with Crippen molar-refractivity contribution in [3.63, 3.8) is 0 Å². The minimum Gasteiger partial charge on any atom is -0.365 e. The zero-order valence-corrected chi connectivity index (χ0v) is 15.9. The molecule has 0 radical (unpaired) electrons. The molecule has 5 rings (SSSR count).